The first-order valence-corrected chi connectivity index (χ1v) is 9.94. The second kappa shape index (κ2) is 8.60. The molecular formula is C23H16N8O2. The largest absolute Gasteiger partial charge is 0.487 e. The van der Waals surface area contributed by atoms with Crippen molar-refractivity contribution in [2.75, 3.05) is 5.32 Å². The number of fused-ring (bicyclic) bond motifs is 1. The van der Waals surface area contributed by atoms with Gasteiger partial charge in [-0.15, -0.1) is 5.10 Å². The Morgan fingerprint density at radius 1 is 1.15 bits per heavy atom. The van der Waals surface area contributed by atoms with Gasteiger partial charge in [0.25, 0.3) is 5.91 Å². The maximum Gasteiger partial charge on any atom is 0.257 e. The fraction of sp³-hybridized carbons (Fsp3) is 0.0435. The summed E-state index contributed by atoms with van der Waals surface area (Å²) in [5, 5.41) is 23.2. The van der Waals surface area contributed by atoms with Crippen molar-refractivity contribution < 1.29 is 9.53 Å². The third-order valence-corrected chi connectivity index (χ3v) is 4.98. The lowest BCUT2D eigenvalue weighted by molar-refractivity contribution is 0.102. The summed E-state index contributed by atoms with van der Waals surface area (Å²) in [4.78, 5) is 20.1. The molecule has 0 aliphatic rings. The van der Waals surface area contributed by atoms with Crippen LogP contribution in [0.3, 0.4) is 0 Å². The van der Waals surface area contributed by atoms with Crippen molar-refractivity contribution in [2.24, 2.45) is 0 Å². The summed E-state index contributed by atoms with van der Waals surface area (Å²) >= 11 is 0. The third kappa shape index (κ3) is 4.11. The molecular weight excluding hydrogens is 420 g/mol. The maximum atomic E-state index is 12.9. The van der Waals surface area contributed by atoms with Crippen LogP contribution < -0.4 is 10.1 Å². The number of aromatic nitrogens is 6. The van der Waals surface area contributed by atoms with E-state index in [1.165, 1.54) is 11.0 Å². The molecule has 0 saturated carbocycles. The number of carbonyl (C=O) groups is 1. The van der Waals surface area contributed by atoms with Gasteiger partial charge in [0.2, 0.25) is 0 Å². The first kappa shape index (κ1) is 19.9. The fourth-order valence-electron chi connectivity index (χ4n) is 3.35. The quantitative estimate of drug-likeness (QED) is 0.417. The van der Waals surface area contributed by atoms with Gasteiger partial charge in [-0.05, 0) is 58.5 Å². The normalized spacial score (nSPS) is 10.6. The van der Waals surface area contributed by atoms with Gasteiger partial charge in [0, 0.05) is 5.69 Å². The molecule has 2 heterocycles. The predicted molar refractivity (Wildman–Crippen MR) is 119 cm³/mol. The molecule has 3 aromatic carbocycles. The number of rotatable bonds is 6. The Hall–Kier alpha value is -5.04. The summed E-state index contributed by atoms with van der Waals surface area (Å²) in [5.41, 5.74) is 4.42. The number of nitrogens with zero attached hydrogens (tertiary/aromatic N) is 6. The molecule has 10 nitrogen and oxygen atoms in total. The molecule has 5 rings (SSSR count). The lowest BCUT2D eigenvalue weighted by Crippen LogP contribution is -2.13. The second-order valence-electron chi connectivity index (χ2n) is 7.09. The number of nitriles is 1. The molecule has 0 fully saturated rings. The second-order valence-corrected chi connectivity index (χ2v) is 7.09. The topological polar surface area (TPSA) is 134 Å². The summed E-state index contributed by atoms with van der Waals surface area (Å²) < 4.78 is 7.44. The molecule has 1 amide bonds. The number of nitrogens with one attached hydrogen (secondary N) is 2. The van der Waals surface area contributed by atoms with Gasteiger partial charge in [-0.25, -0.2) is 4.98 Å². The number of amides is 1. The summed E-state index contributed by atoms with van der Waals surface area (Å²) in [6.07, 6.45) is 3.00. The molecule has 0 saturated heterocycles. The Bertz CT molecular complexity index is 1470. The average Bonchev–Trinajstić information content (AvgIpc) is 3.55. The highest BCUT2D eigenvalue weighted by molar-refractivity contribution is 6.11. The van der Waals surface area contributed by atoms with Crippen LogP contribution in [0, 0.1) is 11.3 Å². The third-order valence-electron chi connectivity index (χ3n) is 4.98. The van der Waals surface area contributed by atoms with Crippen LogP contribution in [0.2, 0.25) is 0 Å². The van der Waals surface area contributed by atoms with Crippen molar-refractivity contribution in [2.45, 2.75) is 6.61 Å². The molecule has 0 bridgehead atoms. The molecule has 0 spiro atoms. The number of H-pyrrole nitrogens is 1. The first-order valence-electron chi connectivity index (χ1n) is 9.94. The summed E-state index contributed by atoms with van der Waals surface area (Å²) in [6.45, 7) is 0.285. The van der Waals surface area contributed by atoms with E-state index in [4.69, 9.17) is 10.00 Å². The Morgan fingerprint density at radius 2 is 2.03 bits per heavy atom. The van der Waals surface area contributed by atoms with Crippen molar-refractivity contribution in [3.8, 4) is 17.5 Å². The predicted octanol–water partition coefficient (Wildman–Crippen LogP) is 3.24. The summed E-state index contributed by atoms with van der Waals surface area (Å²) in [6, 6.07) is 19.8. The Kier molecular flexibility index (Phi) is 5.19. The molecule has 0 aliphatic heterocycles. The zero-order chi connectivity index (χ0) is 22.6. The minimum Gasteiger partial charge on any atom is -0.487 e. The number of hydrogen-bond acceptors (Lipinski definition) is 7. The highest BCUT2D eigenvalue weighted by Gasteiger charge is 2.15. The molecule has 2 N–H and O–H groups in total. The molecule has 2 aromatic heterocycles. The van der Waals surface area contributed by atoms with Crippen LogP contribution in [-0.4, -0.2) is 36.1 Å². The number of para-hydroxylation sites is 1. The highest BCUT2D eigenvalue weighted by atomic mass is 16.5. The lowest BCUT2D eigenvalue weighted by atomic mass is 10.1. The van der Waals surface area contributed by atoms with Gasteiger partial charge < -0.3 is 15.0 Å². The Morgan fingerprint density at radius 3 is 2.82 bits per heavy atom. The van der Waals surface area contributed by atoms with Gasteiger partial charge in [-0.2, -0.15) is 9.94 Å². The van der Waals surface area contributed by atoms with Gasteiger partial charge in [0.05, 0.1) is 29.0 Å². The zero-order valence-electron chi connectivity index (χ0n) is 17.1. The molecule has 0 radical (unpaired) electrons. The number of aromatic amines is 1. The molecule has 5 aromatic rings. The van der Waals surface area contributed by atoms with Gasteiger partial charge in [-0.3, -0.25) is 4.79 Å². The summed E-state index contributed by atoms with van der Waals surface area (Å²) in [5.74, 6) is 0.237. The van der Waals surface area contributed by atoms with Crippen molar-refractivity contribution in [3.63, 3.8) is 0 Å². The van der Waals surface area contributed by atoms with Gasteiger partial charge >= 0.3 is 0 Å². The van der Waals surface area contributed by atoms with E-state index in [1.807, 2.05) is 18.2 Å². The SMILES string of the molecule is N#Cc1ccc(COc2ccc(NC(=O)c3cccc4[nH]cnc34)cc2-n2cnnn2)cc1. The number of anilines is 1. The van der Waals surface area contributed by atoms with E-state index < -0.39 is 0 Å². The number of imidazole rings is 1. The van der Waals surface area contributed by atoms with Crippen molar-refractivity contribution in [1.29, 1.82) is 5.26 Å². The molecule has 0 unspecified atom stereocenters. The van der Waals surface area contributed by atoms with Crippen LogP contribution in [0.1, 0.15) is 21.5 Å². The number of hydrogen-bond donors (Lipinski definition) is 2. The van der Waals surface area contributed by atoms with Crippen LogP contribution >= 0.6 is 0 Å². The molecule has 0 aliphatic carbocycles. The van der Waals surface area contributed by atoms with Crippen molar-refractivity contribution >= 4 is 22.6 Å². The van der Waals surface area contributed by atoms with E-state index in [2.05, 4.69) is 36.9 Å². The highest BCUT2D eigenvalue weighted by Crippen LogP contribution is 2.27. The van der Waals surface area contributed by atoms with E-state index in [9.17, 15) is 4.79 Å². The van der Waals surface area contributed by atoms with Gasteiger partial charge in [0.15, 0.2) is 0 Å². The van der Waals surface area contributed by atoms with Gasteiger partial charge in [-0.1, -0.05) is 18.2 Å². The number of tetrazole rings is 1. The van der Waals surface area contributed by atoms with E-state index >= 15 is 0 Å². The van der Waals surface area contributed by atoms with Crippen molar-refractivity contribution in [1.82, 2.24) is 30.2 Å². The zero-order valence-corrected chi connectivity index (χ0v) is 17.1. The monoisotopic (exact) mass is 436 g/mol. The summed E-state index contributed by atoms with van der Waals surface area (Å²) in [7, 11) is 0. The van der Waals surface area contributed by atoms with Crippen LogP contribution in [0.25, 0.3) is 16.7 Å². The van der Waals surface area contributed by atoms with Crippen LogP contribution in [0.4, 0.5) is 5.69 Å². The van der Waals surface area contributed by atoms with Crippen LogP contribution in [0.15, 0.2) is 73.3 Å². The van der Waals surface area contributed by atoms with Gasteiger partial charge in [0.1, 0.15) is 29.9 Å². The number of ether oxygens (including phenoxy) is 1. The number of carbonyl (C=O) groups excluding carboxylic acids is 1. The maximum absolute atomic E-state index is 12.9. The van der Waals surface area contributed by atoms with E-state index in [1.54, 1.807) is 48.8 Å². The Balaban J connectivity index is 1.40. The van der Waals surface area contributed by atoms with Crippen LogP contribution in [-0.2, 0) is 6.61 Å². The smallest absolute Gasteiger partial charge is 0.257 e. The standard InChI is InChI=1S/C23H16N8O2/c24-11-15-4-6-16(7-5-15)12-33-21-9-8-17(10-20(21)31-14-27-29-30-31)28-23(32)18-2-1-3-19-22(18)26-13-25-19/h1-10,13-14H,12H2,(H,25,26)(H,28,32). The molecule has 160 valence electrons. The molecule has 33 heavy (non-hydrogen) atoms. The fourth-order valence-corrected chi connectivity index (χ4v) is 3.35. The van der Waals surface area contributed by atoms with E-state index in [0.717, 1.165) is 11.1 Å². The first-order chi connectivity index (χ1) is 16.2. The Labute approximate surface area is 187 Å². The minimum atomic E-state index is -0.290. The van der Waals surface area contributed by atoms with E-state index in [0.29, 0.717) is 33.8 Å². The molecule has 0 atom stereocenters. The number of benzene rings is 3. The van der Waals surface area contributed by atoms with Crippen LogP contribution in [0.5, 0.6) is 5.75 Å². The lowest BCUT2D eigenvalue weighted by Gasteiger charge is -2.13. The van der Waals surface area contributed by atoms with Crippen molar-refractivity contribution in [3.05, 3.63) is 90.0 Å². The molecule has 10 heteroatoms. The van der Waals surface area contributed by atoms with E-state index in [-0.39, 0.29) is 12.5 Å². The average molecular weight is 436 g/mol. The minimum absolute atomic E-state index is 0.285.